The lowest BCUT2D eigenvalue weighted by Crippen LogP contribution is -2.17. The first-order valence-electron chi connectivity index (χ1n) is 6.24. The Morgan fingerprint density at radius 3 is 2.80 bits per heavy atom. The van der Waals surface area contributed by atoms with E-state index in [4.69, 9.17) is 5.73 Å². The molecule has 4 nitrogen and oxygen atoms in total. The minimum atomic E-state index is -0.135. The minimum Gasteiger partial charge on any atom is -0.328 e. The maximum absolute atomic E-state index is 11.4. The lowest BCUT2D eigenvalue weighted by atomic mass is 10.1. The Bertz CT molecular complexity index is 670. The van der Waals surface area contributed by atoms with E-state index >= 15 is 0 Å². The van der Waals surface area contributed by atoms with Gasteiger partial charge in [-0.3, -0.25) is 4.79 Å². The van der Waals surface area contributed by atoms with Crippen LogP contribution < -0.4 is 11.3 Å². The molecule has 1 atom stereocenters. The molecule has 1 aromatic carbocycles. The molecule has 2 aromatic rings. The molecule has 0 saturated carbocycles. The number of rotatable bonds is 4. The van der Waals surface area contributed by atoms with Crippen LogP contribution in [0.4, 0.5) is 0 Å². The second-order valence-electron chi connectivity index (χ2n) is 4.74. The maximum Gasteiger partial charge on any atom is 0.251 e. The molecule has 106 valence electrons. The van der Waals surface area contributed by atoms with Gasteiger partial charge in [0.2, 0.25) is 0 Å². The van der Waals surface area contributed by atoms with Gasteiger partial charge in [0.1, 0.15) is 0 Å². The Hall–Kier alpha value is -1.11. The van der Waals surface area contributed by atoms with E-state index in [9.17, 15) is 4.79 Å². The number of hydrogen-bond acceptors (Lipinski definition) is 4. The first kappa shape index (κ1) is 15.3. The summed E-state index contributed by atoms with van der Waals surface area (Å²) < 4.78 is 0.977. The lowest BCUT2D eigenvalue weighted by Gasteiger charge is -2.09. The van der Waals surface area contributed by atoms with Crippen LogP contribution in [0, 0.1) is 6.92 Å². The molecule has 1 unspecified atom stereocenters. The Morgan fingerprint density at radius 1 is 1.45 bits per heavy atom. The van der Waals surface area contributed by atoms with E-state index in [0.29, 0.717) is 10.9 Å². The Kier molecular flexibility index (Phi) is 5.01. The Morgan fingerprint density at radius 2 is 2.20 bits per heavy atom. The number of nitrogens with two attached hydrogens (primary N) is 1. The zero-order valence-corrected chi connectivity index (χ0v) is 13.7. The molecule has 0 radical (unpaired) electrons. The van der Waals surface area contributed by atoms with Crippen molar-refractivity contribution in [2.45, 2.75) is 36.4 Å². The van der Waals surface area contributed by atoms with E-state index in [1.54, 1.807) is 6.92 Å². The summed E-state index contributed by atoms with van der Waals surface area (Å²) in [5.74, 6) is 0. The van der Waals surface area contributed by atoms with Gasteiger partial charge in [-0.1, -0.05) is 17.8 Å². The van der Waals surface area contributed by atoms with Crippen LogP contribution in [0.5, 0.6) is 0 Å². The van der Waals surface area contributed by atoms with Gasteiger partial charge in [0.25, 0.3) is 5.56 Å². The van der Waals surface area contributed by atoms with Gasteiger partial charge in [-0.15, -0.1) is 0 Å². The fraction of sp³-hybridized carbons (Fsp3) is 0.286. The number of benzene rings is 1. The largest absolute Gasteiger partial charge is 0.328 e. The SMILES string of the molecule is Cc1cc(=O)[nH]c(Sc2ccc(CC(C)N)cc2Br)n1. The summed E-state index contributed by atoms with van der Waals surface area (Å²) in [6.07, 6.45) is 0.836. The molecule has 2 rings (SSSR count). The topological polar surface area (TPSA) is 71.8 Å². The summed E-state index contributed by atoms with van der Waals surface area (Å²) in [4.78, 5) is 19.5. The fourth-order valence-corrected chi connectivity index (χ4v) is 3.34. The third kappa shape index (κ3) is 4.19. The minimum absolute atomic E-state index is 0.134. The van der Waals surface area contributed by atoms with E-state index < -0.39 is 0 Å². The van der Waals surface area contributed by atoms with Crippen molar-refractivity contribution in [1.82, 2.24) is 9.97 Å². The first-order chi connectivity index (χ1) is 9.44. The Labute approximate surface area is 130 Å². The Balaban J connectivity index is 2.23. The van der Waals surface area contributed by atoms with Crippen molar-refractivity contribution in [3.63, 3.8) is 0 Å². The van der Waals surface area contributed by atoms with Crippen LogP contribution in [-0.4, -0.2) is 16.0 Å². The number of H-pyrrole nitrogens is 1. The summed E-state index contributed by atoms with van der Waals surface area (Å²) in [6.45, 7) is 3.79. The third-order valence-electron chi connectivity index (χ3n) is 2.61. The molecule has 0 saturated heterocycles. The highest BCUT2D eigenvalue weighted by molar-refractivity contribution is 9.10. The molecule has 1 heterocycles. The van der Waals surface area contributed by atoms with Gasteiger partial charge in [-0.05, 0) is 53.9 Å². The quantitative estimate of drug-likeness (QED) is 0.829. The van der Waals surface area contributed by atoms with E-state index in [0.717, 1.165) is 15.8 Å². The lowest BCUT2D eigenvalue weighted by molar-refractivity contribution is 0.737. The number of nitrogens with one attached hydrogen (secondary N) is 1. The van der Waals surface area contributed by atoms with Crippen molar-refractivity contribution < 1.29 is 0 Å². The monoisotopic (exact) mass is 353 g/mol. The summed E-state index contributed by atoms with van der Waals surface area (Å²) in [5.41, 5.74) is 7.56. The molecule has 0 spiro atoms. The van der Waals surface area contributed by atoms with Crippen molar-refractivity contribution in [3.8, 4) is 0 Å². The van der Waals surface area contributed by atoms with Crippen molar-refractivity contribution >= 4 is 27.7 Å². The molecular weight excluding hydrogens is 338 g/mol. The molecule has 20 heavy (non-hydrogen) atoms. The van der Waals surface area contributed by atoms with Crippen LogP contribution in [-0.2, 0) is 6.42 Å². The van der Waals surface area contributed by atoms with E-state index in [1.807, 2.05) is 19.1 Å². The molecule has 0 aliphatic carbocycles. The van der Waals surface area contributed by atoms with Crippen molar-refractivity contribution in [2.75, 3.05) is 0 Å². The number of aromatic amines is 1. The second-order valence-corrected chi connectivity index (χ2v) is 6.63. The molecule has 0 amide bonds. The van der Waals surface area contributed by atoms with Gasteiger partial charge in [0.05, 0.1) is 0 Å². The van der Waals surface area contributed by atoms with Gasteiger partial charge in [-0.2, -0.15) is 0 Å². The number of halogens is 1. The first-order valence-corrected chi connectivity index (χ1v) is 7.85. The van der Waals surface area contributed by atoms with Crippen LogP contribution in [0.2, 0.25) is 0 Å². The van der Waals surface area contributed by atoms with Gasteiger partial charge in [-0.25, -0.2) is 4.98 Å². The summed E-state index contributed by atoms with van der Waals surface area (Å²) in [5, 5.41) is 0.593. The van der Waals surface area contributed by atoms with Crippen LogP contribution in [0.15, 0.2) is 43.6 Å². The van der Waals surface area contributed by atoms with Gasteiger partial charge in [0, 0.05) is 27.2 Å². The number of nitrogens with zero attached hydrogens (tertiary/aromatic N) is 1. The molecule has 6 heteroatoms. The van der Waals surface area contributed by atoms with Gasteiger partial charge < -0.3 is 10.7 Å². The average molecular weight is 354 g/mol. The zero-order valence-electron chi connectivity index (χ0n) is 11.3. The smallest absolute Gasteiger partial charge is 0.251 e. The fourth-order valence-electron chi connectivity index (χ4n) is 1.83. The van der Waals surface area contributed by atoms with Gasteiger partial charge in [0.15, 0.2) is 5.16 Å². The maximum atomic E-state index is 11.4. The van der Waals surface area contributed by atoms with Crippen LogP contribution in [0.3, 0.4) is 0 Å². The predicted molar refractivity (Wildman–Crippen MR) is 85.2 cm³/mol. The molecule has 1 aromatic heterocycles. The highest BCUT2D eigenvalue weighted by Gasteiger charge is 2.07. The van der Waals surface area contributed by atoms with Crippen LogP contribution in [0.25, 0.3) is 0 Å². The summed E-state index contributed by atoms with van der Waals surface area (Å²) >= 11 is 4.98. The molecule has 0 aliphatic heterocycles. The van der Waals surface area contributed by atoms with E-state index in [-0.39, 0.29) is 11.6 Å². The average Bonchev–Trinajstić information content (AvgIpc) is 2.30. The molecule has 0 bridgehead atoms. The summed E-state index contributed by atoms with van der Waals surface area (Å²) in [6, 6.07) is 7.72. The predicted octanol–water partition coefficient (Wildman–Crippen LogP) is 2.88. The van der Waals surface area contributed by atoms with Crippen molar-refractivity contribution in [3.05, 3.63) is 50.3 Å². The van der Waals surface area contributed by atoms with Crippen LogP contribution in [0.1, 0.15) is 18.2 Å². The molecule has 0 aliphatic rings. The summed E-state index contributed by atoms with van der Waals surface area (Å²) in [7, 11) is 0. The van der Waals surface area contributed by atoms with E-state index in [1.165, 1.54) is 23.4 Å². The number of aromatic nitrogens is 2. The highest BCUT2D eigenvalue weighted by Crippen LogP contribution is 2.32. The molecular formula is C14H16BrN3OS. The van der Waals surface area contributed by atoms with Crippen molar-refractivity contribution in [1.29, 1.82) is 0 Å². The van der Waals surface area contributed by atoms with Gasteiger partial charge >= 0.3 is 0 Å². The third-order valence-corrected chi connectivity index (χ3v) is 4.49. The highest BCUT2D eigenvalue weighted by atomic mass is 79.9. The zero-order chi connectivity index (χ0) is 14.7. The molecule has 0 fully saturated rings. The normalized spacial score (nSPS) is 12.4. The number of hydrogen-bond donors (Lipinski definition) is 2. The number of aryl methyl sites for hydroxylation is 1. The van der Waals surface area contributed by atoms with Crippen molar-refractivity contribution in [2.24, 2.45) is 5.73 Å². The van der Waals surface area contributed by atoms with Crippen LogP contribution >= 0.6 is 27.7 Å². The molecule has 3 N–H and O–H groups in total. The standard InChI is InChI=1S/C14H16BrN3OS/c1-8(16)5-10-3-4-12(11(15)7-10)20-14-17-9(2)6-13(19)18-14/h3-4,6-8H,5,16H2,1-2H3,(H,17,18,19). The van der Waals surface area contributed by atoms with E-state index in [2.05, 4.69) is 32.0 Å². The second kappa shape index (κ2) is 6.56.